The van der Waals surface area contributed by atoms with Crippen molar-refractivity contribution in [2.45, 2.75) is 19.3 Å². The van der Waals surface area contributed by atoms with Crippen LogP contribution < -0.4 is 16.0 Å². The second-order valence-electron chi connectivity index (χ2n) is 7.15. The monoisotopic (exact) mass is 397 g/mol. The van der Waals surface area contributed by atoms with Crippen molar-refractivity contribution in [2.75, 3.05) is 38.5 Å². The summed E-state index contributed by atoms with van der Waals surface area (Å²) in [6.07, 6.45) is 2.30. The number of benzene rings is 1. The molecule has 10 heteroatoms. The van der Waals surface area contributed by atoms with Gasteiger partial charge in [0.2, 0.25) is 11.8 Å². The molecule has 1 aromatic rings. The van der Waals surface area contributed by atoms with E-state index in [-0.39, 0.29) is 17.9 Å². The van der Waals surface area contributed by atoms with Gasteiger partial charge in [0, 0.05) is 38.5 Å². The third kappa shape index (κ3) is 4.20. The molecule has 2 amide bonds. The number of aliphatic imine (C=N–C) groups is 1. The van der Waals surface area contributed by atoms with E-state index in [0.717, 1.165) is 31.5 Å². The molecule has 0 aromatic heterocycles. The summed E-state index contributed by atoms with van der Waals surface area (Å²) in [6, 6.07) is 1.70. The largest absolute Gasteiger partial charge is 0.355 e. The lowest BCUT2D eigenvalue weighted by molar-refractivity contribution is -0.120. The Bertz CT molecular complexity index is 817. The van der Waals surface area contributed by atoms with E-state index in [1.807, 2.05) is 4.90 Å². The molecule has 0 radical (unpaired) electrons. The quantitative estimate of drug-likeness (QED) is 0.407. The van der Waals surface area contributed by atoms with Crippen LogP contribution in [-0.4, -0.2) is 55.9 Å². The minimum absolute atomic E-state index is 0.0396. The lowest BCUT2D eigenvalue weighted by atomic mass is 9.79. The smallest absolute Gasteiger partial charge is 0.243 e. The van der Waals surface area contributed by atoms with Crippen molar-refractivity contribution in [1.29, 1.82) is 0 Å². The van der Waals surface area contributed by atoms with Crippen LogP contribution in [0.15, 0.2) is 17.1 Å². The standard InChI is InChI=1S/C18H22F3N5O2/c1-22-17(26-6-2-5-18(10-26)7-13(27)24-9-18)23-8-14(28)25-12-4-3-11(19)15(20)16(12)21/h3-4H,2,5-10H2,1H3,(H,22,23)(H,24,27)(H,25,28). The van der Waals surface area contributed by atoms with Crippen molar-refractivity contribution in [3.8, 4) is 0 Å². The van der Waals surface area contributed by atoms with Gasteiger partial charge in [0.15, 0.2) is 23.4 Å². The van der Waals surface area contributed by atoms with Gasteiger partial charge >= 0.3 is 0 Å². The number of piperidine rings is 1. The van der Waals surface area contributed by atoms with Crippen molar-refractivity contribution in [3.05, 3.63) is 29.6 Å². The maximum Gasteiger partial charge on any atom is 0.243 e. The SMILES string of the molecule is CN=C(NCC(=O)Nc1ccc(F)c(F)c1F)N1CCCC2(CNC(=O)C2)C1. The molecule has 3 N–H and O–H groups in total. The minimum atomic E-state index is -1.64. The Morgan fingerprint density at radius 2 is 2.11 bits per heavy atom. The normalized spacial score (nSPS) is 22.4. The van der Waals surface area contributed by atoms with Gasteiger partial charge in [-0.1, -0.05) is 0 Å². The number of hydrogen-bond acceptors (Lipinski definition) is 3. The number of guanidine groups is 1. The molecule has 0 bridgehead atoms. The number of nitrogens with one attached hydrogen (secondary N) is 3. The van der Waals surface area contributed by atoms with Crippen molar-refractivity contribution in [2.24, 2.45) is 10.4 Å². The summed E-state index contributed by atoms with van der Waals surface area (Å²) in [4.78, 5) is 29.8. The predicted molar refractivity (Wildman–Crippen MR) is 97.2 cm³/mol. The van der Waals surface area contributed by atoms with Gasteiger partial charge in [0.05, 0.1) is 12.2 Å². The van der Waals surface area contributed by atoms with Crippen molar-refractivity contribution in [1.82, 2.24) is 15.5 Å². The molecule has 1 unspecified atom stereocenters. The summed E-state index contributed by atoms with van der Waals surface area (Å²) in [7, 11) is 1.58. The number of halogens is 3. The van der Waals surface area contributed by atoms with E-state index in [2.05, 4.69) is 20.9 Å². The second kappa shape index (κ2) is 8.07. The van der Waals surface area contributed by atoms with E-state index >= 15 is 0 Å². The highest BCUT2D eigenvalue weighted by molar-refractivity contribution is 5.95. The first-order valence-electron chi connectivity index (χ1n) is 8.99. The van der Waals surface area contributed by atoms with Crippen LogP contribution in [0.2, 0.25) is 0 Å². The van der Waals surface area contributed by atoms with Gasteiger partial charge in [-0.2, -0.15) is 0 Å². The van der Waals surface area contributed by atoms with Crippen molar-refractivity contribution in [3.63, 3.8) is 0 Å². The summed E-state index contributed by atoms with van der Waals surface area (Å²) in [5.74, 6) is -4.52. The van der Waals surface area contributed by atoms with Crippen LogP contribution in [0.25, 0.3) is 0 Å². The van der Waals surface area contributed by atoms with E-state index in [4.69, 9.17) is 0 Å². The van der Waals surface area contributed by atoms with Gasteiger partial charge in [-0.25, -0.2) is 13.2 Å². The van der Waals surface area contributed by atoms with E-state index < -0.39 is 29.0 Å². The molecule has 1 aromatic carbocycles. The zero-order chi connectivity index (χ0) is 20.3. The molecule has 2 fully saturated rings. The molecular weight excluding hydrogens is 375 g/mol. The maximum atomic E-state index is 13.7. The maximum absolute atomic E-state index is 13.7. The molecule has 2 aliphatic rings. The molecule has 152 valence electrons. The minimum Gasteiger partial charge on any atom is -0.355 e. The molecule has 1 atom stereocenters. The van der Waals surface area contributed by atoms with Crippen LogP contribution in [-0.2, 0) is 9.59 Å². The summed E-state index contributed by atoms with van der Waals surface area (Å²) in [5.41, 5.74) is -0.572. The van der Waals surface area contributed by atoms with Crippen LogP contribution in [0, 0.1) is 22.9 Å². The number of anilines is 1. The molecule has 2 heterocycles. The molecule has 7 nitrogen and oxygen atoms in total. The zero-order valence-electron chi connectivity index (χ0n) is 15.4. The fourth-order valence-corrected chi connectivity index (χ4v) is 3.74. The molecule has 2 aliphatic heterocycles. The summed E-state index contributed by atoms with van der Waals surface area (Å²) in [5, 5.41) is 7.96. The van der Waals surface area contributed by atoms with E-state index in [9.17, 15) is 22.8 Å². The highest BCUT2D eigenvalue weighted by Gasteiger charge is 2.42. The Balaban J connectivity index is 1.57. The van der Waals surface area contributed by atoms with Crippen molar-refractivity contribution >= 4 is 23.5 Å². The number of rotatable bonds is 3. The van der Waals surface area contributed by atoms with Gasteiger partial charge in [-0.15, -0.1) is 0 Å². The third-order valence-electron chi connectivity index (χ3n) is 5.09. The molecule has 28 heavy (non-hydrogen) atoms. The topological polar surface area (TPSA) is 85.8 Å². The Labute approximate surface area is 160 Å². The fraction of sp³-hybridized carbons (Fsp3) is 0.500. The molecule has 0 saturated carbocycles. The summed E-state index contributed by atoms with van der Waals surface area (Å²) < 4.78 is 39.9. The van der Waals surface area contributed by atoms with Crippen molar-refractivity contribution < 1.29 is 22.8 Å². The van der Waals surface area contributed by atoms with Gasteiger partial charge in [-0.05, 0) is 25.0 Å². The third-order valence-corrected chi connectivity index (χ3v) is 5.09. The number of nitrogens with zero attached hydrogens (tertiary/aromatic N) is 2. The Kier molecular flexibility index (Phi) is 5.76. The number of carbonyl (C=O) groups is 2. The molecule has 1 spiro atoms. The van der Waals surface area contributed by atoms with Crippen LogP contribution >= 0.6 is 0 Å². The van der Waals surface area contributed by atoms with Gasteiger partial charge in [0.25, 0.3) is 0 Å². The van der Waals surface area contributed by atoms with Gasteiger partial charge in [-0.3, -0.25) is 14.6 Å². The van der Waals surface area contributed by atoms with Gasteiger partial charge in [0.1, 0.15) is 0 Å². The Hall–Kier alpha value is -2.78. The van der Waals surface area contributed by atoms with Gasteiger partial charge < -0.3 is 20.9 Å². The average Bonchev–Trinajstić information content (AvgIpc) is 3.02. The summed E-state index contributed by atoms with van der Waals surface area (Å²) in [6.45, 7) is 1.75. The first-order valence-corrected chi connectivity index (χ1v) is 8.99. The summed E-state index contributed by atoms with van der Waals surface area (Å²) >= 11 is 0. The van der Waals surface area contributed by atoms with Crippen LogP contribution in [0.1, 0.15) is 19.3 Å². The van der Waals surface area contributed by atoms with E-state index in [1.165, 1.54) is 0 Å². The van der Waals surface area contributed by atoms with Crippen LogP contribution in [0.5, 0.6) is 0 Å². The lowest BCUT2D eigenvalue weighted by Crippen LogP contribution is -2.52. The van der Waals surface area contributed by atoms with Crippen LogP contribution in [0.4, 0.5) is 18.9 Å². The highest BCUT2D eigenvalue weighted by atomic mass is 19.2. The Morgan fingerprint density at radius 1 is 1.32 bits per heavy atom. The van der Waals surface area contributed by atoms with E-state index in [1.54, 1.807) is 7.05 Å². The first kappa shape index (κ1) is 20.0. The number of hydrogen-bond donors (Lipinski definition) is 3. The lowest BCUT2D eigenvalue weighted by Gasteiger charge is -2.40. The highest BCUT2D eigenvalue weighted by Crippen LogP contribution is 2.35. The molecule has 0 aliphatic carbocycles. The fourth-order valence-electron chi connectivity index (χ4n) is 3.74. The van der Waals surface area contributed by atoms with E-state index in [0.29, 0.717) is 25.5 Å². The number of likely N-dealkylation sites (tertiary alicyclic amines) is 1. The molecular formula is C18H22F3N5O2. The number of carbonyl (C=O) groups excluding carboxylic acids is 2. The zero-order valence-corrected chi connectivity index (χ0v) is 15.4. The number of amides is 2. The van der Waals surface area contributed by atoms with Crippen LogP contribution in [0.3, 0.4) is 0 Å². The first-order chi connectivity index (χ1) is 13.3. The average molecular weight is 397 g/mol. The Morgan fingerprint density at radius 3 is 2.79 bits per heavy atom. The molecule has 2 saturated heterocycles. The molecule has 3 rings (SSSR count). The predicted octanol–water partition coefficient (Wildman–Crippen LogP) is 1.22. The second-order valence-corrected chi connectivity index (χ2v) is 7.15.